The summed E-state index contributed by atoms with van der Waals surface area (Å²) in [6.45, 7) is 1.99. The molecule has 0 aliphatic heterocycles. The van der Waals surface area contributed by atoms with Crippen LogP contribution in [0.5, 0.6) is 0 Å². The van der Waals surface area contributed by atoms with Crippen molar-refractivity contribution in [3.8, 4) is 6.07 Å². The fourth-order valence-corrected chi connectivity index (χ4v) is 1.61. The molecule has 0 saturated carbocycles. The molecule has 17 heavy (non-hydrogen) atoms. The molecule has 0 saturated heterocycles. The van der Waals surface area contributed by atoms with Crippen molar-refractivity contribution in [1.82, 2.24) is 0 Å². The second kappa shape index (κ2) is 4.62. The normalized spacial score (nSPS) is 11.8. The van der Waals surface area contributed by atoms with E-state index in [2.05, 4.69) is 5.32 Å². The molecule has 0 amide bonds. The summed E-state index contributed by atoms with van der Waals surface area (Å²) in [5.41, 5.74) is 7.57. The fraction of sp³-hybridized carbons (Fsp3) is 0.154. The number of furan rings is 1. The van der Waals surface area contributed by atoms with Gasteiger partial charge in [-0.25, -0.2) is 0 Å². The van der Waals surface area contributed by atoms with Crippen LogP contribution in [0.3, 0.4) is 0 Å². The summed E-state index contributed by atoms with van der Waals surface area (Å²) in [6, 6.07) is 11.1. The third kappa shape index (κ3) is 2.40. The van der Waals surface area contributed by atoms with Gasteiger partial charge in [-0.15, -0.1) is 0 Å². The summed E-state index contributed by atoms with van der Waals surface area (Å²) < 4.78 is 5.30. The largest absolute Gasteiger partial charge is 0.467 e. The van der Waals surface area contributed by atoms with Crippen LogP contribution in [0.25, 0.3) is 0 Å². The Bertz CT molecular complexity index is 540. The van der Waals surface area contributed by atoms with Gasteiger partial charge in [-0.1, -0.05) is 0 Å². The molecule has 1 unspecified atom stereocenters. The van der Waals surface area contributed by atoms with Gasteiger partial charge in [-0.2, -0.15) is 5.26 Å². The number of nitrogen functional groups attached to an aromatic ring is 1. The van der Waals surface area contributed by atoms with E-state index in [1.165, 1.54) is 0 Å². The Hall–Kier alpha value is -2.41. The average Bonchev–Trinajstić information content (AvgIpc) is 2.82. The number of benzene rings is 1. The maximum Gasteiger partial charge on any atom is 0.125 e. The van der Waals surface area contributed by atoms with Gasteiger partial charge in [0, 0.05) is 5.69 Å². The standard InChI is InChI=1S/C13H13N3O/c1-9(13-3-2-6-17-13)16-11-5-4-10(8-14)12(15)7-11/h2-7,9,16H,15H2,1H3. The van der Waals surface area contributed by atoms with Gasteiger partial charge in [0.15, 0.2) is 0 Å². The van der Waals surface area contributed by atoms with E-state index >= 15 is 0 Å². The van der Waals surface area contributed by atoms with E-state index < -0.39 is 0 Å². The molecule has 0 bridgehead atoms. The Kier molecular flexibility index (Phi) is 3.01. The third-order valence-corrected chi connectivity index (χ3v) is 2.53. The summed E-state index contributed by atoms with van der Waals surface area (Å²) in [7, 11) is 0. The van der Waals surface area contributed by atoms with E-state index in [0.29, 0.717) is 11.3 Å². The second-order valence-corrected chi connectivity index (χ2v) is 3.80. The van der Waals surface area contributed by atoms with Crippen molar-refractivity contribution in [3.63, 3.8) is 0 Å². The van der Waals surface area contributed by atoms with Crippen LogP contribution in [0.1, 0.15) is 24.3 Å². The molecule has 0 aliphatic carbocycles. The predicted molar refractivity (Wildman–Crippen MR) is 66.3 cm³/mol. The Balaban J connectivity index is 2.15. The number of rotatable bonds is 3. The van der Waals surface area contributed by atoms with Gasteiger partial charge in [0.05, 0.1) is 23.6 Å². The van der Waals surface area contributed by atoms with Gasteiger partial charge in [-0.3, -0.25) is 0 Å². The van der Waals surface area contributed by atoms with E-state index in [-0.39, 0.29) is 6.04 Å². The summed E-state index contributed by atoms with van der Waals surface area (Å²) in [5, 5.41) is 12.0. The molecular weight excluding hydrogens is 214 g/mol. The first-order chi connectivity index (χ1) is 8.20. The lowest BCUT2D eigenvalue weighted by molar-refractivity contribution is 0.490. The minimum atomic E-state index is 0.0531. The highest BCUT2D eigenvalue weighted by molar-refractivity contribution is 5.63. The first kappa shape index (κ1) is 11.1. The Morgan fingerprint density at radius 1 is 1.41 bits per heavy atom. The molecule has 2 aromatic rings. The van der Waals surface area contributed by atoms with Crippen molar-refractivity contribution in [1.29, 1.82) is 5.26 Å². The summed E-state index contributed by atoms with van der Waals surface area (Å²) in [6.07, 6.45) is 1.64. The monoisotopic (exact) mass is 227 g/mol. The van der Waals surface area contributed by atoms with Gasteiger partial charge in [0.1, 0.15) is 11.8 Å². The lowest BCUT2D eigenvalue weighted by atomic mass is 10.1. The molecule has 2 rings (SSSR count). The van der Waals surface area contributed by atoms with Crippen LogP contribution in [0.2, 0.25) is 0 Å². The number of nitriles is 1. The van der Waals surface area contributed by atoms with Crippen molar-refractivity contribution in [2.24, 2.45) is 0 Å². The van der Waals surface area contributed by atoms with Crippen LogP contribution in [-0.2, 0) is 0 Å². The molecule has 0 fully saturated rings. The minimum Gasteiger partial charge on any atom is -0.467 e. The summed E-state index contributed by atoms with van der Waals surface area (Å²) in [5.74, 6) is 0.855. The van der Waals surface area contributed by atoms with E-state index in [9.17, 15) is 0 Å². The van der Waals surface area contributed by atoms with Crippen LogP contribution in [-0.4, -0.2) is 0 Å². The highest BCUT2D eigenvalue weighted by Gasteiger charge is 2.08. The molecule has 1 atom stereocenters. The lowest BCUT2D eigenvalue weighted by Gasteiger charge is -2.13. The zero-order valence-electron chi connectivity index (χ0n) is 9.47. The lowest BCUT2D eigenvalue weighted by Crippen LogP contribution is -2.06. The Labute approximate surface area is 99.7 Å². The third-order valence-electron chi connectivity index (χ3n) is 2.53. The maximum atomic E-state index is 8.78. The minimum absolute atomic E-state index is 0.0531. The number of anilines is 2. The number of nitrogens with one attached hydrogen (secondary N) is 1. The van der Waals surface area contributed by atoms with Gasteiger partial charge in [0.25, 0.3) is 0 Å². The molecule has 0 aliphatic rings. The first-order valence-corrected chi connectivity index (χ1v) is 5.30. The number of hydrogen-bond acceptors (Lipinski definition) is 4. The molecule has 1 heterocycles. The van der Waals surface area contributed by atoms with E-state index in [1.54, 1.807) is 18.4 Å². The molecule has 1 aromatic carbocycles. The van der Waals surface area contributed by atoms with Crippen LogP contribution in [0, 0.1) is 11.3 Å². The van der Waals surface area contributed by atoms with Gasteiger partial charge in [0.2, 0.25) is 0 Å². The zero-order valence-corrected chi connectivity index (χ0v) is 9.47. The Morgan fingerprint density at radius 2 is 2.24 bits per heavy atom. The molecule has 86 valence electrons. The summed E-state index contributed by atoms with van der Waals surface area (Å²) >= 11 is 0. The molecular formula is C13H13N3O. The summed E-state index contributed by atoms with van der Waals surface area (Å²) in [4.78, 5) is 0. The highest BCUT2D eigenvalue weighted by Crippen LogP contribution is 2.22. The molecule has 4 nitrogen and oxygen atoms in total. The number of hydrogen-bond donors (Lipinski definition) is 2. The SMILES string of the molecule is CC(Nc1ccc(C#N)c(N)c1)c1ccco1. The van der Waals surface area contributed by atoms with Crippen molar-refractivity contribution >= 4 is 11.4 Å². The second-order valence-electron chi connectivity index (χ2n) is 3.80. The van der Waals surface area contributed by atoms with Crippen LogP contribution < -0.4 is 11.1 Å². The van der Waals surface area contributed by atoms with Crippen LogP contribution in [0.4, 0.5) is 11.4 Å². The zero-order chi connectivity index (χ0) is 12.3. The van der Waals surface area contributed by atoms with E-state index in [1.807, 2.05) is 31.2 Å². The molecule has 3 N–H and O–H groups in total. The predicted octanol–water partition coefficient (Wildman–Crippen LogP) is 2.91. The van der Waals surface area contributed by atoms with Gasteiger partial charge in [-0.05, 0) is 37.3 Å². The highest BCUT2D eigenvalue weighted by atomic mass is 16.3. The van der Waals surface area contributed by atoms with Crippen molar-refractivity contribution < 1.29 is 4.42 Å². The molecule has 1 aromatic heterocycles. The van der Waals surface area contributed by atoms with E-state index in [4.69, 9.17) is 15.4 Å². The molecule has 0 spiro atoms. The topological polar surface area (TPSA) is 75.0 Å². The quantitative estimate of drug-likeness (QED) is 0.790. The van der Waals surface area contributed by atoms with Crippen LogP contribution in [0.15, 0.2) is 41.0 Å². The maximum absolute atomic E-state index is 8.78. The molecule has 4 heteroatoms. The van der Waals surface area contributed by atoms with Crippen molar-refractivity contribution in [3.05, 3.63) is 47.9 Å². The van der Waals surface area contributed by atoms with Crippen molar-refractivity contribution in [2.75, 3.05) is 11.1 Å². The van der Waals surface area contributed by atoms with Crippen molar-refractivity contribution in [2.45, 2.75) is 13.0 Å². The van der Waals surface area contributed by atoms with E-state index in [0.717, 1.165) is 11.4 Å². The fourth-order valence-electron chi connectivity index (χ4n) is 1.61. The van der Waals surface area contributed by atoms with Crippen LogP contribution >= 0.6 is 0 Å². The Morgan fingerprint density at radius 3 is 2.82 bits per heavy atom. The van der Waals surface area contributed by atoms with Gasteiger partial charge < -0.3 is 15.5 Å². The number of nitrogens with zero attached hydrogens (tertiary/aromatic N) is 1. The van der Waals surface area contributed by atoms with Gasteiger partial charge >= 0.3 is 0 Å². The smallest absolute Gasteiger partial charge is 0.125 e. The average molecular weight is 227 g/mol. The number of nitrogens with two attached hydrogens (primary N) is 1. The first-order valence-electron chi connectivity index (χ1n) is 5.30. The molecule has 0 radical (unpaired) electrons.